The number of carbonyl (C=O) groups is 1. The zero-order chi connectivity index (χ0) is 9.68. The van der Waals surface area contributed by atoms with Crippen LogP contribution in [-0.2, 0) is 4.79 Å². The lowest BCUT2D eigenvalue weighted by Gasteiger charge is -2.28. The lowest BCUT2D eigenvalue weighted by molar-refractivity contribution is -0.312. The van der Waals surface area contributed by atoms with Crippen molar-refractivity contribution >= 4 is 5.97 Å². The van der Waals surface area contributed by atoms with Gasteiger partial charge < -0.3 is 9.90 Å². The first kappa shape index (κ1) is 10.6. The van der Waals surface area contributed by atoms with E-state index in [0.29, 0.717) is 0 Å². The molecule has 0 atom stereocenters. The van der Waals surface area contributed by atoms with E-state index in [0.717, 1.165) is 31.6 Å². The van der Waals surface area contributed by atoms with Gasteiger partial charge in [-0.25, -0.2) is 0 Å². The minimum Gasteiger partial charge on any atom is -0.550 e. The maximum Gasteiger partial charge on any atom is 0.0445 e. The Labute approximate surface area is 80.3 Å². The maximum absolute atomic E-state index is 10.6. The van der Waals surface area contributed by atoms with E-state index >= 15 is 0 Å². The third-order valence-electron chi connectivity index (χ3n) is 3.15. The molecule has 0 aromatic rings. The number of hydrogen-bond acceptors (Lipinski definition) is 2. The minimum absolute atomic E-state index is 0.155. The van der Waals surface area contributed by atoms with Crippen molar-refractivity contribution in [1.82, 2.24) is 0 Å². The highest BCUT2D eigenvalue weighted by Crippen LogP contribution is 2.31. The number of carboxylic acids is 1. The van der Waals surface area contributed by atoms with Gasteiger partial charge in [0.15, 0.2) is 0 Å². The Bertz CT molecular complexity index is 157. The van der Waals surface area contributed by atoms with E-state index in [1.54, 1.807) is 0 Å². The Morgan fingerprint density at radius 1 is 1.31 bits per heavy atom. The molecule has 2 heteroatoms. The van der Waals surface area contributed by atoms with Crippen LogP contribution in [0, 0.1) is 11.8 Å². The Balaban J connectivity index is 2.18. The van der Waals surface area contributed by atoms with Crippen molar-refractivity contribution in [3.05, 3.63) is 0 Å². The first-order chi connectivity index (χ1) is 6.24. The molecular formula is C11H19O2-. The van der Waals surface area contributed by atoms with Crippen molar-refractivity contribution in [2.75, 3.05) is 0 Å². The Morgan fingerprint density at radius 2 is 1.92 bits per heavy atom. The molecule has 0 aromatic heterocycles. The molecule has 76 valence electrons. The Morgan fingerprint density at radius 3 is 2.38 bits per heavy atom. The lowest BCUT2D eigenvalue weighted by Crippen LogP contribution is -2.33. The summed E-state index contributed by atoms with van der Waals surface area (Å²) < 4.78 is 0. The van der Waals surface area contributed by atoms with Crippen LogP contribution in [0.25, 0.3) is 0 Å². The normalized spacial score (nSPS) is 28.7. The molecule has 13 heavy (non-hydrogen) atoms. The van der Waals surface area contributed by atoms with Crippen molar-refractivity contribution < 1.29 is 9.90 Å². The van der Waals surface area contributed by atoms with E-state index < -0.39 is 5.97 Å². The lowest BCUT2D eigenvalue weighted by atomic mass is 9.80. The molecule has 0 saturated heterocycles. The van der Waals surface area contributed by atoms with E-state index in [2.05, 4.69) is 6.92 Å². The molecular weight excluding hydrogens is 164 g/mol. The second-order valence-corrected chi connectivity index (χ2v) is 4.18. The number of unbranched alkanes of at least 4 members (excludes halogenated alkanes) is 1. The van der Waals surface area contributed by atoms with Gasteiger partial charge in [0.05, 0.1) is 0 Å². The summed E-state index contributed by atoms with van der Waals surface area (Å²) in [4.78, 5) is 10.6. The fourth-order valence-corrected chi connectivity index (χ4v) is 2.18. The average Bonchev–Trinajstić information content (AvgIpc) is 2.15. The highest BCUT2D eigenvalue weighted by Gasteiger charge is 2.20. The summed E-state index contributed by atoms with van der Waals surface area (Å²) in [7, 11) is 0. The van der Waals surface area contributed by atoms with Crippen molar-refractivity contribution in [3.63, 3.8) is 0 Å². The molecule has 1 aliphatic carbocycles. The first-order valence-corrected chi connectivity index (χ1v) is 5.45. The second kappa shape index (κ2) is 5.25. The van der Waals surface area contributed by atoms with Gasteiger partial charge in [0, 0.05) is 5.97 Å². The van der Waals surface area contributed by atoms with Gasteiger partial charge in [0.1, 0.15) is 0 Å². The molecule has 0 unspecified atom stereocenters. The summed E-state index contributed by atoms with van der Waals surface area (Å²) in [5.74, 6) is -0.206. The maximum atomic E-state index is 10.6. The number of carboxylic acid groups (broad SMARTS) is 1. The topological polar surface area (TPSA) is 40.1 Å². The summed E-state index contributed by atoms with van der Waals surface area (Å²) in [6.45, 7) is 2.20. The monoisotopic (exact) mass is 183 g/mol. The fraction of sp³-hybridized carbons (Fsp3) is 0.909. The van der Waals surface area contributed by atoms with Gasteiger partial charge in [-0.05, 0) is 37.5 Å². The van der Waals surface area contributed by atoms with Crippen LogP contribution < -0.4 is 5.11 Å². The van der Waals surface area contributed by atoms with Crippen LogP contribution in [0.2, 0.25) is 0 Å². The van der Waals surface area contributed by atoms with Crippen LogP contribution in [0.15, 0.2) is 0 Å². The zero-order valence-electron chi connectivity index (χ0n) is 8.42. The largest absolute Gasteiger partial charge is 0.550 e. The number of hydrogen-bond donors (Lipinski definition) is 0. The van der Waals surface area contributed by atoms with Crippen molar-refractivity contribution in [2.45, 2.75) is 51.9 Å². The van der Waals surface area contributed by atoms with Crippen LogP contribution in [-0.4, -0.2) is 5.97 Å². The fourth-order valence-electron chi connectivity index (χ4n) is 2.18. The standard InChI is InChI=1S/C11H20O2/c1-2-3-4-9-5-7-10(8-6-9)11(12)13/h9-10H,2-8H2,1H3,(H,12,13)/p-1. The van der Waals surface area contributed by atoms with Gasteiger partial charge >= 0.3 is 0 Å². The highest BCUT2D eigenvalue weighted by molar-refractivity contribution is 5.67. The summed E-state index contributed by atoms with van der Waals surface area (Å²) in [6, 6.07) is 0. The molecule has 1 rings (SSSR count). The molecule has 2 nitrogen and oxygen atoms in total. The van der Waals surface area contributed by atoms with E-state index in [-0.39, 0.29) is 5.92 Å². The van der Waals surface area contributed by atoms with Crippen LogP contribution in [0.4, 0.5) is 0 Å². The predicted molar refractivity (Wildman–Crippen MR) is 50.0 cm³/mol. The second-order valence-electron chi connectivity index (χ2n) is 4.18. The molecule has 1 aliphatic rings. The molecule has 0 radical (unpaired) electrons. The molecule has 0 heterocycles. The Kier molecular flexibility index (Phi) is 4.26. The van der Waals surface area contributed by atoms with E-state index in [9.17, 15) is 9.90 Å². The van der Waals surface area contributed by atoms with Gasteiger partial charge in [-0.2, -0.15) is 0 Å². The molecule has 0 N–H and O–H groups in total. The first-order valence-electron chi connectivity index (χ1n) is 5.45. The van der Waals surface area contributed by atoms with Crippen molar-refractivity contribution in [1.29, 1.82) is 0 Å². The number of aliphatic carboxylic acids is 1. The molecule has 0 bridgehead atoms. The van der Waals surface area contributed by atoms with Crippen LogP contribution >= 0.6 is 0 Å². The van der Waals surface area contributed by atoms with Gasteiger partial charge in [0.25, 0.3) is 0 Å². The van der Waals surface area contributed by atoms with Gasteiger partial charge in [-0.1, -0.05) is 26.2 Å². The molecule has 1 fully saturated rings. The third kappa shape index (κ3) is 3.37. The number of rotatable bonds is 4. The van der Waals surface area contributed by atoms with Crippen molar-refractivity contribution in [3.8, 4) is 0 Å². The Hall–Kier alpha value is -0.530. The molecule has 0 spiro atoms. The molecule has 0 amide bonds. The minimum atomic E-state index is -0.839. The molecule has 1 saturated carbocycles. The number of carbonyl (C=O) groups excluding carboxylic acids is 1. The average molecular weight is 183 g/mol. The third-order valence-corrected chi connectivity index (χ3v) is 3.15. The van der Waals surface area contributed by atoms with Crippen LogP contribution in [0.5, 0.6) is 0 Å². The molecule has 0 aromatic carbocycles. The van der Waals surface area contributed by atoms with Crippen LogP contribution in [0.3, 0.4) is 0 Å². The zero-order valence-corrected chi connectivity index (χ0v) is 8.42. The quantitative estimate of drug-likeness (QED) is 0.666. The molecule has 0 aliphatic heterocycles. The van der Waals surface area contributed by atoms with Gasteiger partial charge in [-0.15, -0.1) is 0 Å². The van der Waals surface area contributed by atoms with E-state index in [1.807, 2.05) is 0 Å². The van der Waals surface area contributed by atoms with Gasteiger partial charge in [-0.3, -0.25) is 0 Å². The summed E-state index contributed by atoms with van der Waals surface area (Å²) in [5.41, 5.74) is 0. The smallest absolute Gasteiger partial charge is 0.0445 e. The summed E-state index contributed by atoms with van der Waals surface area (Å²) in [5, 5.41) is 10.6. The SMILES string of the molecule is CCCCC1CCC(C(=O)[O-])CC1. The van der Waals surface area contributed by atoms with Crippen LogP contribution in [0.1, 0.15) is 51.9 Å². The van der Waals surface area contributed by atoms with Gasteiger partial charge in [0.2, 0.25) is 0 Å². The van der Waals surface area contributed by atoms with E-state index in [4.69, 9.17) is 0 Å². The summed E-state index contributed by atoms with van der Waals surface area (Å²) >= 11 is 0. The van der Waals surface area contributed by atoms with E-state index in [1.165, 1.54) is 19.3 Å². The predicted octanol–water partition coefficient (Wildman–Crippen LogP) is 1.73. The summed E-state index contributed by atoms with van der Waals surface area (Å²) in [6.07, 6.45) is 7.71. The van der Waals surface area contributed by atoms with Crippen molar-refractivity contribution in [2.24, 2.45) is 11.8 Å². The highest BCUT2D eigenvalue weighted by atomic mass is 16.4.